The van der Waals surface area contributed by atoms with Gasteiger partial charge in [-0.05, 0) is 95.1 Å². The Bertz CT molecular complexity index is 2250. The molecule has 3 heteroatoms. The van der Waals surface area contributed by atoms with Crippen LogP contribution in [0, 0.1) is 0 Å². The van der Waals surface area contributed by atoms with E-state index in [0.29, 0.717) is 0 Å². The molecule has 0 saturated carbocycles. The molecule has 0 heterocycles. The lowest BCUT2D eigenvalue weighted by Crippen LogP contribution is -2.28. The molecule has 9 rings (SSSR count). The molecule has 0 aliphatic rings. The van der Waals surface area contributed by atoms with Crippen molar-refractivity contribution in [2.75, 3.05) is 0 Å². The minimum Gasteiger partial charge on any atom is -0.0622 e. The van der Waals surface area contributed by atoms with Crippen molar-refractivity contribution in [2.45, 2.75) is 12.3 Å². The largest absolute Gasteiger partial charge is 0.0622 e. The van der Waals surface area contributed by atoms with Gasteiger partial charge in [0.2, 0.25) is 0 Å². The highest BCUT2D eigenvalue weighted by atomic mass is 31.1. The van der Waals surface area contributed by atoms with Crippen molar-refractivity contribution in [3.8, 4) is 0 Å². The van der Waals surface area contributed by atoms with Crippen molar-refractivity contribution in [2.24, 2.45) is 0 Å². The zero-order valence-corrected chi connectivity index (χ0v) is 35.8. The van der Waals surface area contributed by atoms with Crippen LogP contribution in [0.1, 0.15) is 23.6 Å². The van der Waals surface area contributed by atoms with E-state index in [9.17, 15) is 0 Å². The monoisotopic (exact) mass is 810 g/mol. The number of benzene rings is 9. The van der Waals surface area contributed by atoms with Crippen molar-refractivity contribution < 1.29 is 0 Å². The first-order valence-corrected chi connectivity index (χ1v) is 24.2. The molecule has 0 unspecified atom stereocenters. The third kappa shape index (κ3) is 8.28. The smallest absolute Gasteiger partial charge is 0.0423 e. The zero-order valence-electron chi connectivity index (χ0n) is 33.1. The maximum atomic E-state index is 2.41. The van der Waals surface area contributed by atoms with E-state index in [0.717, 1.165) is 0 Å². The molecule has 9 aromatic carbocycles. The first kappa shape index (κ1) is 38.8. The molecule has 0 aliphatic heterocycles. The summed E-state index contributed by atoms with van der Waals surface area (Å²) in [7, 11) is -2.13. The Morgan fingerprint density at radius 2 is 0.356 bits per heavy atom. The van der Waals surface area contributed by atoms with E-state index in [1.54, 1.807) is 0 Å². The third-order valence-electron chi connectivity index (χ3n) is 11.2. The van der Waals surface area contributed by atoms with Crippen molar-refractivity contribution in [3.05, 3.63) is 271 Å². The summed E-state index contributed by atoms with van der Waals surface area (Å²) in [5.74, 6) is 0. The summed E-state index contributed by atoms with van der Waals surface area (Å²) in [4.78, 5) is 0. The molecule has 0 nitrogen and oxygen atoms in total. The van der Waals surface area contributed by atoms with Crippen LogP contribution in [-0.2, 0) is 5.41 Å². The van der Waals surface area contributed by atoms with Gasteiger partial charge in [-0.25, -0.2) is 0 Å². The van der Waals surface area contributed by atoms with Crippen LogP contribution in [0.15, 0.2) is 255 Å². The highest BCUT2D eigenvalue weighted by Gasteiger charge is 2.32. The molecule has 0 aromatic heterocycles. The lowest BCUT2D eigenvalue weighted by atomic mass is 9.71. The van der Waals surface area contributed by atoms with Crippen LogP contribution in [0.25, 0.3) is 0 Å². The number of hydrogen-bond donors (Lipinski definition) is 0. The minimum absolute atomic E-state index is 0.414. The highest BCUT2D eigenvalue weighted by molar-refractivity contribution is 7.80. The third-order valence-corrected chi connectivity index (χ3v) is 18.5. The van der Waals surface area contributed by atoms with Gasteiger partial charge in [-0.1, -0.05) is 255 Å². The number of rotatable bonds is 12. The summed E-state index contributed by atoms with van der Waals surface area (Å²) in [6.45, 7) is 2.41. The van der Waals surface area contributed by atoms with Crippen LogP contribution in [0.4, 0.5) is 0 Å². The molecule has 0 saturated heterocycles. The predicted molar refractivity (Wildman–Crippen MR) is 261 cm³/mol. The van der Waals surface area contributed by atoms with Gasteiger partial charge in [0.15, 0.2) is 0 Å². The Balaban J connectivity index is 1.15. The molecule has 0 fully saturated rings. The molecule has 9 aromatic rings. The molecular weight excluding hydrogens is 766 g/mol. The summed E-state index contributed by atoms with van der Waals surface area (Å²) in [6.07, 6.45) is 0. The second-order valence-corrected chi connectivity index (χ2v) is 21.4. The molecule has 0 bridgehead atoms. The second-order valence-electron chi connectivity index (χ2n) is 14.8. The first-order chi connectivity index (χ1) is 29.2. The van der Waals surface area contributed by atoms with E-state index in [-0.39, 0.29) is 0 Å². The van der Waals surface area contributed by atoms with Crippen molar-refractivity contribution >= 4 is 71.5 Å². The average Bonchev–Trinajstić information content (AvgIpc) is 3.32. The van der Waals surface area contributed by atoms with Crippen molar-refractivity contribution in [1.82, 2.24) is 0 Å². The van der Waals surface area contributed by atoms with Gasteiger partial charge in [0.25, 0.3) is 0 Å². The standard InChI is InChI=1S/C56H45P3/c1-56(44-32-38-53(39-33-44)57(47-20-8-2-9-21-47)48-22-10-3-11-23-48,45-34-40-54(41-35-45)58(49-24-12-4-13-25-49)50-26-14-5-15-27-50)46-36-42-55(43-37-46)59(51-28-16-6-17-29-51)52-30-18-7-19-31-52/h2-43H,1H3. The molecule has 284 valence electrons. The molecule has 0 atom stereocenters. The van der Waals surface area contributed by atoms with Crippen LogP contribution < -0.4 is 47.7 Å². The Labute approximate surface area is 353 Å². The van der Waals surface area contributed by atoms with Gasteiger partial charge >= 0.3 is 0 Å². The Kier molecular flexibility index (Phi) is 11.9. The fraction of sp³-hybridized carbons (Fsp3) is 0.0357. The summed E-state index contributed by atoms with van der Waals surface area (Å²) in [5.41, 5.74) is 3.42. The maximum Gasteiger partial charge on any atom is 0.0423 e. The van der Waals surface area contributed by atoms with E-state index in [4.69, 9.17) is 0 Å². The Morgan fingerprint density at radius 3 is 0.525 bits per heavy atom. The zero-order chi connectivity index (χ0) is 39.9. The van der Waals surface area contributed by atoms with Gasteiger partial charge in [-0.15, -0.1) is 0 Å². The fourth-order valence-electron chi connectivity index (χ4n) is 8.14. The molecule has 0 radical (unpaired) electrons. The van der Waals surface area contributed by atoms with Gasteiger partial charge in [0.05, 0.1) is 0 Å². The molecule has 0 spiro atoms. The summed E-state index contributed by atoms with van der Waals surface area (Å²) in [5, 5.41) is 12.2. The average molecular weight is 811 g/mol. The minimum atomic E-state index is -0.711. The van der Waals surface area contributed by atoms with E-state index in [1.165, 1.54) is 64.4 Å². The topological polar surface area (TPSA) is 0 Å². The summed E-state index contributed by atoms with van der Waals surface area (Å²) in [6, 6.07) is 94.6. The SMILES string of the molecule is CC(c1ccc(P(c2ccccc2)c2ccccc2)cc1)(c1ccc(P(c2ccccc2)c2ccccc2)cc1)c1ccc(P(c2ccccc2)c2ccccc2)cc1. The van der Waals surface area contributed by atoms with Crippen LogP contribution in [-0.4, -0.2) is 0 Å². The van der Waals surface area contributed by atoms with Gasteiger partial charge in [0, 0.05) is 5.41 Å². The fourth-order valence-corrected chi connectivity index (χ4v) is 15.0. The molecule has 0 N–H and O–H groups in total. The lowest BCUT2D eigenvalue weighted by molar-refractivity contribution is 0.693. The summed E-state index contributed by atoms with van der Waals surface area (Å²) >= 11 is 0. The van der Waals surface area contributed by atoms with Gasteiger partial charge < -0.3 is 0 Å². The molecular formula is C56H45P3. The summed E-state index contributed by atoms with van der Waals surface area (Å²) < 4.78 is 0. The second kappa shape index (κ2) is 18.0. The van der Waals surface area contributed by atoms with Crippen molar-refractivity contribution in [1.29, 1.82) is 0 Å². The van der Waals surface area contributed by atoms with E-state index < -0.39 is 29.2 Å². The quantitative estimate of drug-likeness (QED) is 0.0852. The number of hydrogen-bond acceptors (Lipinski definition) is 0. The van der Waals surface area contributed by atoms with E-state index in [1.807, 2.05) is 0 Å². The van der Waals surface area contributed by atoms with Crippen LogP contribution in [0.2, 0.25) is 0 Å². The Hall–Kier alpha value is -5.73. The molecule has 0 amide bonds. The van der Waals surface area contributed by atoms with Gasteiger partial charge in [-0.3, -0.25) is 0 Å². The normalized spacial score (nSPS) is 11.6. The van der Waals surface area contributed by atoms with E-state index >= 15 is 0 Å². The van der Waals surface area contributed by atoms with Crippen LogP contribution >= 0.6 is 23.8 Å². The van der Waals surface area contributed by atoms with Crippen LogP contribution in [0.3, 0.4) is 0 Å². The van der Waals surface area contributed by atoms with Crippen molar-refractivity contribution in [3.63, 3.8) is 0 Å². The highest BCUT2D eigenvalue weighted by Crippen LogP contribution is 2.42. The molecule has 59 heavy (non-hydrogen) atoms. The van der Waals surface area contributed by atoms with Crippen LogP contribution in [0.5, 0.6) is 0 Å². The van der Waals surface area contributed by atoms with Gasteiger partial charge in [-0.2, -0.15) is 0 Å². The molecule has 0 aliphatic carbocycles. The van der Waals surface area contributed by atoms with E-state index in [2.05, 4.69) is 262 Å². The first-order valence-electron chi connectivity index (χ1n) is 20.2. The predicted octanol–water partition coefficient (Wildman–Crippen LogP) is 10.3. The Morgan fingerprint density at radius 1 is 0.203 bits per heavy atom. The lowest BCUT2D eigenvalue weighted by Gasteiger charge is -2.33. The maximum absolute atomic E-state index is 2.41. The van der Waals surface area contributed by atoms with Gasteiger partial charge in [0.1, 0.15) is 0 Å².